The maximum absolute atomic E-state index is 9.09. The standard InChI is InChI=1S/C6H4Cl6O2/c7-5(8,9)3(13)1-2-4(14)6(10,11)12/h3-4,13-14H/t3-,4+. The molecule has 0 unspecified atom stereocenters. The lowest BCUT2D eigenvalue weighted by Crippen LogP contribution is -2.26. The highest BCUT2D eigenvalue weighted by Gasteiger charge is 2.32. The molecule has 0 rings (SSSR count). The third-order valence-electron chi connectivity index (χ3n) is 0.977. The molecule has 82 valence electrons. The number of halogens is 6. The Morgan fingerprint density at radius 3 is 1.07 bits per heavy atom. The van der Waals surface area contributed by atoms with Gasteiger partial charge in [0.05, 0.1) is 0 Å². The van der Waals surface area contributed by atoms with Crippen LogP contribution in [0.3, 0.4) is 0 Å². The predicted octanol–water partition coefficient (Wildman–Crippen LogP) is 2.45. The van der Waals surface area contributed by atoms with E-state index in [0.717, 1.165) is 0 Å². The zero-order chi connectivity index (χ0) is 11.6. The molecule has 0 aliphatic rings. The van der Waals surface area contributed by atoms with Gasteiger partial charge in [0, 0.05) is 0 Å². The van der Waals surface area contributed by atoms with Crippen LogP contribution in [0.2, 0.25) is 0 Å². The molecule has 0 bridgehead atoms. The molecule has 0 aromatic rings. The molecule has 0 aromatic heterocycles. The first kappa shape index (κ1) is 15.2. The Hall–Kier alpha value is 1.22. The second kappa shape index (κ2) is 5.52. The topological polar surface area (TPSA) is 40.5 Å². The van der Waals surface area contributed by atoms with Gasteiger partial charge in [-0.2, -0.15) is 0 Å². The molecule has 0 amide bonds. The van der Waals surface area contributed by atoms with Gasteiger partial charge >= 0.3 is 0 Å². The van der Waals surface area contributed by atoms with Gasteiger partial charge < -0.3 is 10.2 Å². The van der Waals surface area contributed by atoms with Crippen molar-refractivity contribution in [2.45, 2.75) is 19.8 Å². The van der Waals surface area contributed by atoms with Gasteiger partial charge in [-0.25, -0.2) is 0 Å². The van der Waals surface area contributed by atoms with E-state index in [-0.39, 0.29) is 0 Å². The molecular weight excluding hydrogens is 317 g/mol. The predicted molar refractivity (Wildman–Crippen MR) is 60.4 cm³/mol. The van der Waals surface area contributed by atoms with Crippen molar-refractivity contribution in [2.24, 2.45) is 0 Å². The van der Waals surface area contributed by atoms with Crippen LogP contribution in [0.1, 0.15) is 0 Å². The highest BCUT2D eigenvalue weighted by Crippen LogP contribution is 2.31. The van der Waals surface area contributed by atoms with Crippen LogP contribution in [0.15, 0.2) is 0 Å². The van der Waals surface area contributed by atoms with E-state index >= 15 is 0 Å². The first-order valence-corrected chi connectivity index (χ1v) is 5.32. The Kier molecular flexibility index (Phi) is 6.00. The molecule has 0 heterocycles. The van der Waals surface area contributed by atoms with Crippen molar-refractivity contribution < 1.29 is 10.2 Å². The third-order valence-corrected chi connectivity index (χ3v) is 2.22. The number of alkyl halides is 6. The quantitative estimate of drug-likeness (QED) is 0.532. The van der Waals surface area contributed by atoms with E-state index in [4.69, 9.17) is 79.8 Å². The van der Waals surface area contributed by atoms with E-state index in [1.807, 2.05) is 11.8 Å². The minimum Gasteiger partial charge on any atom is -0.376 e. The van der Waals surface area contributed by atoms with Gasteiger partial charge in [-0.15, -0.1) is 0 Å². The first-order chi connectivity index (χ1) is 6.05. The summed E-state index contributed by atoms with van der Waals surface area (Å²) in [6.45, 7) is 0. The van der Waals surface area contributed by atoms with Gasteiger partial charge in [-0.05, 0) is 0 Å². The fourth-order valence-corrected chi connectivity index (χ4v) is 0.649. The highest BCUT2D eigenvalue weighted by molar-refractivity contribution is 6.68. The minimum absolute atomic E-state index is 1.57. The number of aliphatic hydroxyl groups excluding tert-OH is 2. The molecule has 0 aromatic carbocycles. The van der Waals surface area contributed by atoms with Crippen LogP contribution < -0.4 is 0 Å². The Bertz CT molecular complexity index is 220. The molecule has 2 atom stereocenters. The molecule has 0 saturated heterocycles. The van der Waals surface area contributed by atoms with E-state index in [1.165, 1.54) is 0 Å². The number of aliphatic hydroxyl groups is 2. The third kappa shape index (κ3) is 5.95. The van der Waals surface area contributed by atoms with Gasteiger partial charge in [-0.1, -0.05) is 81.4 Å². The maximum Gasteiger partial charge on any atom is 0.227 e. The number of rotatable bonds is 0. The molecule has 2 nitrogen and oxygen atoms in total. The van der Waals surface area contributed by atoms with Crippen LogP contribution in [-0.4, -0.2) is 30.0 Å². The van der Waals surface area contributed by atoms with Crippen LogP contribution in [0.5, 0.6) is 0 Å². The van der Waals surface area contributed by atoms with Crippen molar-refractivity contribution in [2.75, 3.05) is 0 Å². The number of hydrogen-bond donors (Lipinski definition) is 2. The normalized spacial score (nSPS) is 16.9. The van der Waals surface area contributed by atoms with Crippen molar-refractivity contribution in [3.8, 4) is 11.8 Å². The second-order valence-corrected chi connectivity index (χ2v) is 6.91. The summed E-state index contributed by atoms with van der Waals surface area (Å²) in [6.07, 6.45) is -3.15. The van der Waals surface area contributed by atoms with Crippen LogP contribution in [0.25, 0.3) is 0 Å². The highest BCUT2D eigenvalue weighted by atomic mass is 35.6. The second-order valence-electron chi connectivity index (χ2n) is 2.18. The Morgan fingerprint density at radius 2 is 0.929 bits per heavy atom. The zero-order valence-corrected chi connectivity index (χ0v) is 10.9. The lowest BCUT2D eigenvalue weighted by Gasteiger charge is -2.15. The summed E-state index contributed by atoms with van der Waals surface area (Å²) in [7, 11) is 0. The van der Waals surface area contributed by atoms with Crippen LogP contribution in [-0.2, 0) is 0 Å². The van der Waals surface area contributed by atoms with Crippen molar-refractivity contribution >= 4 is 69.6 Å². The van der Waals surface area contributed by atoms with E-state index in [2.05, 4.69) is 0 Å². The summed E-state index contributed by atoms with van der Waals surface area (Å²) < 4.78 is -3.94. The molecule has 0 spiro atoms. The molecule has 14 heavy (non-hydrogen) atoms. The van der Waals surface area contributed by atoms with Gasteiger partial charge in [0.15, 0.2) is 12.2 Å². The van der Waals surface area contributed by atoms with Gasteiger partial charge in [0.1, 0.15) is 0 Å². The summed E-state index contributed by atoms with van der Waals surface area (Å²) in [4.78, 5) is 0. The van der Waals surface area contributed by atoms with Crippen molar-refractivity contribution in [3.05, 3.63) is 0 Å². The largest absolute Gasteiger partial charge is 0.376 e. The van der Waals surface area contributed by atoms with E-state index in [0.29, 0.717) is 0 Å². The summed E-state index contributed by atoms with van der Waals surface area (Å²) in [5.41, 5.74) is 0. The van der Waals surface area contributed by atoms with Crippen LogP contribution in [0, 0.1) is 11.8 Å². The Balaban J connectivity index is 4.46. The fourth-order valence-electron chi connectivity index (χ4n) is 0.322. The summed E-state index contributed by atoms with van der Waals surface area (Å²) >= 11 is 31.7. The smallest absolute Gasteiger partial charge is 0.227 e. The van der Waals surface area contributed by atoms with E-state index in [9.17, 15) is 0 Å². The van der Waals surface area contributed by atoms with Crippen molar-refractivity contribution in [1.29, 1.82) is 0 Å². The Morgan fingerprint density at radius 1 is 0.714 bits per heavy atom. The molecule has 0 fully saturated rings. The molecule has 0 aliphatic heterocycles. The lowest BCUT2D eigenvalue weighted by molar-refractivity contribution is 0.226. The Labute approximate surface area is 111 Å². The maximum atomic E-state index is 9.09. The molecular formula is C6H4Cl6O2. The van der Waals surface area contributed by atoms with Crippen molar-refractivity contribution in [3.63, 3.8) is 0 Å². The molecule has 0 aliphatic carbocycles. The van der Waals surface area contributed by atoms with Gasteiger partial charge in [-0.3, -0.25) is 0 Å². The molecule has 0 saturated carbocycles. The van der Waals surface area contributed by atoms with E-state index < -0.39 is 19.8 Å². The molecule has 2 N–H and O–H groups in total. The zero-order valence-electron chi connectivity index (χ0n) is 6.32. The van der Waals surface area contributed by atoms with Gasteiger partial charge in [0.25, 0.3) is 0 Å². The van der Waals surface area contributed by atoms with Crippen LogP contribution in [0.4, 0.5) is 0 Å². The van der Waals surface area contributed by atoms with Gasteiger partial charge in [0.2, 0.25) is 7.59 Å². The van der Waals surface area contributed by atoms with Crippen LogP contribution >= 0.6 is 69.6 Å². The average molecular weight is 321 g/mol. The fraction of sp³-hybridized carbons (Fsp3) is 0.667. The minimum atomic E-state index is -1.97. The average Bonchev–Trinajstić information content (AvgIpc) is 1.95. The number of hydrogen-bond acceptors (Lipinski definition) is 2. The summed E-state index contributed by atoms with van der Waals surface area (Å²) in [6, 6.07) is 0. The molecule has 0 radical (unpaired) electrons. The summed E-state index contributed by atoms with van der Waals surface area (Å²) in [5.74, 6) is 4.07. The summed E-state index contributed by atoms with van der Waals surface area (Å²) in [5, 5.41) is 18.2. The van der Waals surface area contributed by atoms with E-state index in [1.54, 1.807) is 0 Å². The SMILES string of the molecule is O[C@H](C#C[C@H](O)C(Cl)(Cl)Cl)C(Cl)(Cl)Cl. The molecule has 8 heteroatoms. The van der Waals surface area contributed by atoms with Crippen molar-refractivity contribution in [1.82, 2.24) is 0 Å². The lowest BCUT2D eigenvalue weighted by atomic mass is 10.3. The monoisotopic (exact) mass is 318 g/mol. The first-order valence-electron chi connectivity index (χ1n) is 3.05.